The molecule has 1 aliphatic rings. The molecule has 0 aliphatic carbocycles. The number of benzene rings is 1. The van der Waals surface area contributed by atoms with Crippen LogP contribution in [0.25, 0.3) is 0 Å². The lowest BCUT2D eigenvalue weighted by atomic mass is 9.96. The first-order chi connectivity index (χ1) is 7.36. The zero-order chi connectivity index (χ0) is 10.7. The molecule has 0 spiro atoms. The van der Waals surface area contributed by atoms with Crippen molar-refractivity contribution in [2.45, 2.75) is 18.9 Å². The van der Waals surface area contributed by atoms with Crippen LogP contribution in [0.1, 0.15) is 12.0 Å². The Morgan fingerprint density at radius 2 is 2.07 bits per heavy atom. The van der Waals surface area contributed by atoms with Gasteiger partial charge in [0.2, 0.25) is 0 Å². The van der Waals surface area contributed by atoms with E-state index in [1.54, 1.807) is 0 Å². The standard InChI is InChI=1S/C12H17NO2/c14-8-7-13-11(9-15)6-5-10-3-1-2-4-12(10)13/h1-4,11,14-15H,5-9H2. The minimum atomic E-state index is 0.130. The number of hydrogen-bond acceptors (Lipinski definition) is 3. The van der Waals surface area contributed by atoms with E-state index >= 15 is 0 Å². The summed E-state index contributed by atoms with van der Waals surface area (Å²) in [5.41, 5.74) is 2.48. The normalized spacial score (nSPS) is 20.1. The lowest BCUT2D eigenvalue weighted by molar-refractivity contribution is 0.237. The van der Waals surface area contributed by atoms with Crippen LogP contribution in [0.4, 0.5) is 5.69 Å². The Hall–Kier alpha value is -1.06. The van der Waals surface area contributed by atoms with Crippen molar-refractivity contribution in [1.29, 1.82) is 0 Å². The first-order valence-corrected chi connectivity index (χ1v) is 5.43. The maximum absolute atomic E-state index is 9.29. The Balaban J connectivity index is 2.29. The Labute approximate surface area is 90.0 Å². The van der Waals surface area contributed by atoms with E-state index in [0.29, 0.717) is 6.54 Å². The summed E-state index contributed by atoms with van der Waals surface area (Å²) in [6.45, 7) is 0.890. The van der Waals surface area contributed by atoms with E-state index in [-0.39, 0.29) is 19.3 Å². The molecule has 0 radical (unpaired) electrons. The highest BCUT2D eigenvalue weighted by Gasteiger charge is 2.24. The molecule has 0 amide bonds. The monoisotopic (exact) mass is 207 g/mol. The van der Waals surface area contributed by atoms with Crippen molar-refractivity contribution in [1.82, 2.24) is 0 Å². The highest BCUT2D eigenvalue weighted by Crippen LogP contribution is 2.29. The van der Waals surface area contributed by atoms with Crippen molar-refractivity contribution in [3.63, 3.8) is 0 Å². The fourth-order valence-electron chi connectivity index (χ4n) is 2.28. The number of fused-ring (bicyclic) bond motifs is 1. The molecule has 1 aliphatic heterocycles. The fourth-order valence-corrected chi connectivity index (χ4v) is 2.28. The van der Waals surface area contributed by atoms with Crippen molar-refractivity contribution in [3.05, 3.63) is 29.8 Å². The fraction of sp³-hybridized carbons (Fsp3) is 0.500. The lowest BCUT2D eigenvalue weighted by Gasteiger charge is -2.37. The zero-order valence-electron chi connectivity index (χ0n) is 8.76. The van der Waals surface area contributed by atoms with Gasteiger partial charge >= 0.3 is 0 Å². The first kappa shape index (κ1) is 10.5. The van der Waals surface area contributed by atoms with E-state index in [1.807, 2.05) is 12.1 Å². The molecule has 0 saturated carbocycles. The van der Waals surface area contributed by atoms with Gasteiger partial charge in [-0.3, -0.25) is 0 Å². The zero-order valence-corrected chi connectivity index (χ0v) is 8.76. The smallest absolute Gasteiger partial charge is 0.0635 e. The number of para-hydroxylation sites is 1. The number of anilines is 1. The Morgan fingerprint density at radius 3 is 2.80 bits per heavy atom. The van der Waals surface area contributed by atoms with Crippen molar-refractivity contribution in [2.75, 3.05) is 24.7 Å². The van der Waals surface area contributed by atoms with Gasteiger partial charge in [0.05, 0.1) is 19.3 Å². The number of aliphatic hydroxyl groups is 2. The summed E-state index contributed by atoms with van der Waals surface area (Å²) >= 11 is 0. The lowest BCUT2D eigenvalue weighted by Crippen LogP contribution is -2.43. The van der Waals surface area contributed by atoms with Crippen LogP contribution in [0.15, 0.2) is 24.3 Å². The highest BCUT2D eigenvalue weighted by atomic mass is 16.3. The second-order valence-corrected chi connectivity index (χ2v) is 3.92. The molecular formula is C12H17NO2. The van der Waals surface area contributed by atoms with Crippen molar-refractivity contribution >= 4 is 5.69 Å². The maximum atomic E-state index is 9.29. The molecule has 1 aromatic carbocycles. The predicted molar refractivity (Wildman–Crippen MR) is 60.1 cm³/mol. The quantitative estimate of drug-likeness (QED) is 0.770. The van der Waals surface area contributed by atoms with Crippen LogP contribution < -0.4 is 4.90 Å². The van der Waals surface area contributed by atoms with Gasteiger partial charge in [0.1, 0.15) is 0 Å². The summed E-state index contributed by atoms with van der Waals surface area (Å²) in [4.78, 5) is 2.11. The molecule has 1 heterocycles. The summed E-state index contributed by atoms with van der Waals surface area (Å²) < 4.78 is 0. The molecule has 2 N–H and O–H groups in total. The number of rotatable bonds is 3. The van der Waals surface area contributed by atoms with Crippen LogP contribution in [-0.2, 0) is 6.42 Å². The van der Waals surface area contributed by atoms with Crippen LogP contribution in [0, 0.1) is 0 Å². The third kappa shape index (κ3) is 1.98. The molecule has 1 atom stereocenters. The first-order valence-electron chi connectivity index (χ1n) is 5.43. The molecule has 0 saturated heterocycles. The molecule has 82 valence electrons. The van der Waals surface area contributed by atoms with Gasteiger partial charge in [-0.1, -0.05) is 18.2 Å². The molecule has 1 aromatic rings. The third-order valence-electron chi connectivity index (χ3n) is 3.04. The minimum Gasteiger partial charge on any atom is -0.395 e. The summed E-state index contributed by atoms with van der Waals surface area (Å²) in [7, 11) is 0. The van der Waals surface area contributed by atoms with Gasteiger partial charge in [0.25, 0.3) is 0 Å². The summed E-state index contributed by atoms with van der Waals surface area (Å²) in [6.07, 6.45) is 1.98. The van der Waals surface area contributed by atoms with Gasteiger partial charge in [-0.15, -0.1) is 0 Å². The Bertz CT molecular complexity index is 327. The predicted octanol–water partition coefficient (Wildman–Crippen LogP) is 0.792. The largest absolute Gasteiger partial charge is 0.395 e. The van der Waals surface area contributed by atoms with E-state index in [9.17, 15) is 5.11 Å². The molecule has 3 nitrogen and oxygen atoms in total. The number of hydrogen-bond donors (Lipinski definition) is 2. The second-order valence-electron chi connectivity index (χ2n) is 3.92. The average Bonchev–Trinajstić information content (AvgIpc) is 2.30. The third-order valence-corrected chi connectivity index (χ3v) is 3.04. The summed E-state index contributed by atoms with van der Waals surface area (Å²) in [6, 6.07) is 8.38. The van der Waals surface area contributed by atoms with Crippen LogP contribution in [0.5, 0.6) is 0 Å². The van der Waals surface area contributed by atoms with E-state index < -0.39 is 0 Å². The van der Waals surface area contributed by atoms with Gasteiger partial charge in [0.15, 0.2) is 0 Å². The maximum Gasteiger partial charge on any atom is 0.0635 e. The SMILES string of the molecule is OCCN1c2ccccc2CCC1CO. The van der Waals surface area contributed by atoms with Gasteiger partial charge < -0.3 is 15.1 Å². The average molecular weight is 207 g/mol. The Morgan fingerprint density at radius 1 is 1.27 bits per heavy atom. The number of aliphatic hydroxyl groups excluding tert-OH is 2. The van der Waals surface area contributed by atoms with Crippen molar-refractivity contribution < 1.29 is 10.2 Å². The highest BCUT2D eigenvalue weighted by molar-refractivity contribution is 5.56. The van der Waals surface area contributed by atoms with Crippen LogP contribution in [0.3, 0.4) is 0 Å². The van der Waals surface area contributed by atoms with E-state index in [2.05, 4.69) is 17.0 Å². The van der Waals surface area contributed by atoms with Gasteiger partial charge in [-0.25, -0.2) is 0 Å². The van der Waals surface area contributed by atoms with Crippen LogP contribution in [0.2, 0.25) is 0 Å². The molecule has 0 fully saturated rings. The van der Waals surface area contributed by atoms with E-state index in [0.717, 1.165) is 18.5 Å². The molecule has 0 bridgehead atoms. The molecular weight excluding hydrogens is 190 g/mol. The number of β-amino-alcohol motifs (C(OH)–C–C–N with tert-alkyl or cyclic N) is 1. The van der Waals surface area contributed by atoms with Gasteiger partial charge in [0, 0.05) is 12.2 Å². The molecule has 3 heteroatoms. The molecule has 15 heavy (non-hydrogen) atoms. The van der Waals surface area contributed by atoms with Gasteiger partial charge in [-0.05, 0) is 24.5 Å². The van der Waals surface area contributed by atoms with Crippen LogP contribution in [-0.4, -0.2) is 36.0 Å². The van der Waals surface area contributed by atoms with Gasteiger partial charge in [-0.2, -0.15) is 0 Å². The molecule has 2 rings (SSSR count). The van der Waals surface area contributed by atoms with Crippen molar-refractivity contribution in [2.24, 2.45) is 0 Å². The van der Waals surface area contributed by atoms with E-state index in [4.69, 9.17) is 5.11 Å². The molecule has 0 aromatic heterocycles. The minimum absolute atomic E-state index is 0.130. The van der Waals surface area contributed by atoms with Crippen LogP contribution >= 0.6 is 0 Å². The number of aryl methyl sites for hydroxylation is 1. The molecule has 1 unspecified atom stereocenters. The van der Waals surface area contributed by atoms with E-state index in [1.165, 1.54) is 5.56 Å². The number of nitrogens with zero attached hydrogens (tertiary/aromatic N) is 1. The van der Waals surface area contributed by atoms with Crippen molar-refractivity contribution in [3.8, 4) is 0 Å². The summed E-state index contributed by atoms with van der Waals surface area (Å²) in [5, 5.41) is 18.3. The summed E-state index contributed by atoms with van der Waals surface area (Å²) in [5.74, 6) is 0. The Kier molecular flexibility index (Phi) is 3.23. The second kappa shape index (κ2) is 4.64. The topological polar surface area (TPSA) is 43.7 Å².